The van der Waals surface area contributed by atoms with Crippen molar-refractivity contribution in [2.75, 3.05) is 5.32 Å². The van der Waals surface area contributed by atoms with E-state index in [1.165, 1.54) is 36.7 Å². The lowest BCUT2D eigenvalue weighted by molar-refractivity contribution is -0.137. The van der Waals surface area contributed by atoms with Gasteiger partial charge in [0.2, 0.25) is 0 Å². The average molecular weight is 429 g/mol. The Labute approximate surface area is 172 Å². The Kier molecular flexibility index (Phi) is 5.10. The summed E-state index contributed by atoms with van der Waals surface area (Å²) in [6.07, 6.45) is -1.71. The Morgan fingerprint density at radius 1 is 0.871 bits per heavy atom. The van der Waals surface area contributed by atoms with Crippen LogP contribution in [0.1, 0.15) is 21.5 Å². The monoisotopic (exact) mass is 429 g/mol. The molecule has 1 aromatic heterocycles. The third kappa shape index (κ3) is 4.07. The van der Waals surface area contributed by atoms with Crippen molar-refractivity contribution in [2.24, 2.45) is 0 Å². The van der Waals surface area contributed by atoms with E-state index in [-0.39, 0.29) is 16.9 Å². The zero-order valence-electron chi connectivity index (χ0n) is 15.5. The van der Waals surface area contributed by atoms with Crippen molar-refractivity contribution in [1.29, 1.82) is 0 Å². The first-order valence-corrected chi connectivity index (χ1v) is 8.92. The molecule has 0 atom stereocenters. The van der Waals surface area contributed by atoms with Gasteiger partial charge in [0.25, 0.3) is 0 Å². The molecule has 0 saturated carbocycles. The van der Waals surface area contributed by atoms with Crippen LogP contribution in [0.15, 0.2) is 67.0 Å². The molecule has 4 rings (SSSR count). The van der Waals surface area contributed by atoms with Crippen LogP contribution in [0.5, 0.6) is 0 Å². The number of nitrogens with zero attached hydrogens (tertiary/aromatic N) is 2. The number of halogens is 5. The minimum absolute atomic E-state index is 0.0120. The number of carbonyl (C=O) groups is 1. The number of hydrogen-bond acceptors (Lipinski definition) is 4. The molecule has 0 fully saturated rings. The fourth-order valence-electron chi connectivity index (χ4n) is 3.03. The van der Waals surface area contributed by atoms with Gasteiger partial charge in [0.05, 0.1) is 27.8 Å². The van der Waals surface area contributed by atoms with E-state index >= 15 is 4.39 Å². The normalized spacial score (nSPS) is 11.5. The van der Waals surface area contributed by atoms with Crippen LogP contribution >= 0.6 is 0 Å². The molecule has 9 heteroatoms. The molecule has 4 aromatic rings. The molecule has 0 aliphatic heterocycles. The molecular weight excluding hydrogens is 417 g/mol. The number of aromatic nitrogens is 2. The van der Waals surface area contributed by atoms with Crippen LogP contribution in [0.25, 0.3) is 11.0 Å². The van der Waals surface area contributed by atoms with Crippen LogP contribution < -0.4 is 5.32 Å². The Morgan fingerprint density at radius 3 is 2.35 bits per heavy atom. The first kappa shape index (κ1) is 20.4. The van der Waals surface area contributed by atoms with Crippen molar-refractivity contribution in [3.8, 4) is 0 Å². The molecule has 0 aliphatic carbocycles. The Bertz CT molecular complexity index is 1300. The smallest absolute Gasteiger partial charge is 0.353 e. The summed E-state index contributed by atoms with van der Waals surface area (Å²) in [6, 6.07) is 10.2. The minimum atomic E-state index is -4.58. The van der Waals surface area contributed by atoms with Gasteiger partial charge in [-0.25, -0.2) is 8.78 Å². The highest BCUT2D eigenvalue weighted by Crippen LogP contribution is 2.32. The van der Waals surface area contributed by atoms with Crippen LogP contribution in [0, 0.1) is 11.6 Å². The number of carbonyl (C=O) groups excluding carboxylic acids is 1. The van der Waals surface area contributed by atoms with Crippen LogP contribution in [0.3, 0.4) is 0 Å². The van der Waals surface area contributed by atoms with Gasteiger partial charge in [-0.2, -0.15) is 13.2 Å². The summed E-state index contributed by atoms with van der Waals surface area (Å²) in [6.45, 7) is 0. The number of alkyl halides is 3. The van der Waals surface area contributed by atoms with Gasteiger partial charge in [-0.1, -0.05) is 6.07 Å². The van der Waals surface area contributed by atoms with Gasteiger partial charge in [0.15, 0.2) is 11.6 Å². The van der Waals surface area contributed by atoms with Gasteiger partial charge in [-0.3, -0.25) is 14.8 Å². The summed E-state index contributed by atoms with van der Waals surface area (Å²) < 4.78 is 68.1. The van der Waals surface area contributed by atoms with E-state index in [1.807, 2.05) is 0 Å². The highest BCUT2D eigenvalue weighted by Gasteiger charge is 2.30. The van der Waals surface area contributed by atoms with Gasteiger partial charge in [-0.05, 0) is 48.5 Å². The molecular formula is C22H12F5N3O. The summed E-state index contributed by atoms with van der Waals surface area (Å²) >= 11 is 0. The molecule has 31 heavy (non-hydrogen) atoms. The SMILES string of the molecule is O=C(c1ccc2nccnc2c1)c1c(F)ccc(Nc2cccc(C(F)(F)F)c2)c1F. The van der Waals surface area contributed by atoms with E-state index in [0.717, 1.165) is 30.3 Å². The largest absolute Gasteiger partial charge is 0.416 e. The molecule has 0 bridgehead atoms. The quantitative estimate of drug-likeness (QED) is 0.324. The molecule has 3 aromatic carbocycles. The molecule has 4 nitrogen and oxygen atoms in total. The van der Waals surface area contributed by atoms with Crippen molar-refractivity contribution < 1.29 is 26.7 Å². The fourth-order valence-corrected chi connectivity index (χ4v) is 3.03. The first-order valence-electron chi connectivity index (χ1n) is 8.92. The molecule has 0 radical (unpaired) electrons. The molecule has 0 unspecified atom stereocenters. The zero-order valence-corrected chi connectivity index (χ0v) is 15.5. The molecule has 1 heterocycles. The Hall–Kier alpha value is -3.88. The number of ketones is 1. The molecule has 0 amide bonds. The van der Waals surface area contributed by atoms with E-state index in [1.54, 1.807) is 0 Å². The lowest BCUT2D eigenvalue weighted by Crippen LogP contribution is -2.10. The van der Waals surface area contributed by atoms with E-state index in [2.05, 4.69) is 15.3 Å². The van der Waals surface area contributed by atoms with Gasteiger partial charge < -0.3 is 5.32 Å². The number of hydrogen-bond donors (Lipinski definition) is 1. The number of rotatable bonds is 4. The zero-order chi connectivity index (χ0) is 22.2. The van der Waals surface area contributed by atoms with Gasteiger partial charge in [0, 0.05) is 23.6 Å². The third-order valence-electron chi connectivity index (χ3n) is 4.52. The minimum Gasteiger partial charge on any atom is -0.353 e. The van der Waals surface area contributed by atoms with Crippen molar-refractivity contribution >= 4 is 28.2 Å². The van der Waals surface area contributed by atoms with Crippen LogP contribution in [0.4, 0.5) is 33.3 Å². The Morgan fingerprint density at radius 2 is 1.61 bits per heavy atom. The fraction of sp³-hybridized carbons (Fsp3) is 0.0455. The summed E-state index contributed by atoms with van der Waals surface area (Å²) in [5.41, 5.74) is -1.33. The van der Waals surface area contributed by atoms with E-state index in [4.69, 9.17) is 0 Å². The summed E-state index contributed by atoms with van der Waals surface area (Å²) in [5, 5.41) is 2.47. The van der Waals surface area contributed by atoms with Crippen LogP contribution in [-0.2, 0) is 6.18 Å². The number of anilines is 2. The highest BCUT2D eigenvalue weighted by atomic mass is 19.4. The van der Waals surface area contributed by atoms with Crippen LogP contribution in [-0.4, -0.2) is 15.8 Å². The summed E-state index contributed by atoms with van der Waals surface area (Å²) in [7, 11) is 0. The molecule has 1 N–H and O–H groups in total. The lowest BCUT2D eigenvalue weighted by atomic mass is 10.0. The van der Waals surface area contributed by atoms with E-state index < -0.39 is 34.7 Å². The standard InChI is InChI=1S/C22H12F5N3O/c23-15-5-7-17(30-14-3-1-2-13(11-14)22(25,26)27)20(24)19(15)21(31)12-4-6-16-18(10-12)29-9-8-28-16/h1-11,30H. The van der Waals surface area contributed by atoms with Crippen LogP contribution in [0.2, 0.25) is 0 Å². The maximum absolute atomic E-state index is 15.0. The highest BCUT2D eigenvalue weighted by molar-refractivity contribution is 6.11. The predicted octanol–water partition coefficient (Wildman–Crippen LogP) is 5.90. The summed E-state index contributed by atoms with van der Waals surface area (Å²) in [4.78, 5) is 20.9. The van der Waals surface area contributed by atoms with E-state index in [9.17, 15) is 22.4 Å². The first-order chi connectivity index (χ1) is 14.7. The second kappa shape index (κ2) is 7.75. The maximum atomic E-state index is 15.0. The third-order valence-corrected chi connectivity index (χ3v) is 4.52. The Balaban J connectivity index is 1.71. The molecule has 156 valence electrons. The van der Waals surface area contributed by atoms with Crippen molar-refractivity contribution in [2.45, 2.75) is 6.18 Å². The molecule has 0 saturated heterocycles. The topological polar surface area (TPSA) is 54.9 Å². The second-order valence-electron chi connectivity index (χ2n) is 6.58. The predicted molar refractivity (Wildman–Crippen MR) is 104 cm³/mol. The number of benzene rings is 3. The van der Waals surface area contributed by atoms with E-state index in [0.29, 0.717) is 11.0 Å². The van der Waals surface area contributed by atoms with Gasteiger partial charge in [-0.15, -0.1) is 0 Å². The number of fused-ring (bicyclic) bond motifs is 1. The average Bonchev–Trinajstić information content (AvgIpc) is 2.75. The lowest BCUT2D eigenvalue weighted by Gasteiger charge is -2.13. The maximum Gasteiger partial charge on any atom is 0.416 e. The molecule has 0 aliphatic rings. The summed E-state index contributed by atoms with van der Waals surface area (Å²) in [5.74, 6) is -3.26. The van der Waals surface area contributed by atoms with Gasteiger partial charge >= 0.3 is 6.18 Å². The molecule has 0 spiro atoms. The van der Waals surface area contributed by atoms with Crippen molar-refractivity contribution in [3.05, 3.63) is 95.3 Å². The van der Waals surface area contributed by atoms with Gasteiger partial charge in [0.1, 0.15) is 5.82 Å². The van der Waals surface area contributed by atoms with Crippen molar-refractivity contribution in [3.63, 3.8) is 0 Å². The number of nitrogens with one attached hydrogen (secondary N) is 1. The second-order valence-corrected chi connectivity index (χ2v) is 6.58. The van der Waals surface area contributed by atoms with Crippen molar-refractivity contribution in [1.82, 2.24) is 9.97 Å².